The van der Waals surface area contributed by atoms with Gasteiger partial charge in [-0.3, -0.25) is 0 Å². The van der Waals surface area contributed by atoms with E-state index in [-0.39, 0.29) is 6.04 Å². The van der Waals surface area contributed by atoms with Crippen LogP contribution >= 0.6 is 11.6 Å². The van der Waals surface area contributed by atoms with Crippen LogP contribution in [0, 0.1) is 18.3 Å². The average Bonchev–Trinajstić information content (AvgIpc) is 2.87. The van der Waals surface area contributed by atoms with Gasteiger partial charge in [0.25, 0.3) is 0 Å². The topological polar surface area (TPSA) is 66.5 Å². The maximum atomic E-state index is 9.01. The average molecular weight is 304 g/mol. The van der Waals surface area contributed by atoms with E-state index in [4.69, 9.17) is 16.9 Å². The van der Waals surface area contributed by atoms with Crippen LogP contribution in [0.2, 0.25) is 5.02 Å². The summed E-state index contributed by atoms with van der Waals surface area (Å²) in [6.45, 7) is 7.06. The molecule has 0 bridgehead atoms. The van der Waals surface area contributed by atoms with Gasteiger partial charge in [-0.2, -0.15) is 5.26 Å². The molecule has 0 aliphatic rings. The maximum Gasteiger partial charge on any atom is 0.103 e. The molecule has 6 heteroatoms. The fourth-order valence-electron chi connectivity index (χ4n) is 2.17. The molecule has 1 atom stereocenters. The highest BCUT2D eigenvalue weighted by Crippen LogP contribution is 2.24. The van der Waals surface area contributed by atoms with Crippen molar-refractivity contribution in [3.05, 3.63) is 40.2 Å². The summed E-state index contributed by atoms with van der Waals surface area (Å²) in [6, 6.07) is 7.34. The summed E-state index contributed by atoms with van der Waals surface area (Å²) in [7, 11) is 0. The van der Waals surface area contributed by atoms with Crippen molar-refractivity contribution in [2.24, 2.45) is 0 Å². The van der Waals surface area contributed by atoms with Gasteiger partial charge in [-0.25, -0.2) is 4.68 Å². The Morgan fingerprint density at radius 2 is 2.24 bits per heavy atom. The molecular formula is C15H18ClN5. The number of halogens is 1. The van der Waals surface area contributed by atoms with Crippen LogP contribution in [0.25, 0.3) is 5.69 Å². The quantitative estimate of drug-likeness (QED) is 0.921. The molecule has 0 aliphatic carbocycles. The van der Waals surface area contributed by atoms with Crippen molar-refractivity contribution in [2.45, 2.75) is 33.2 Å². The van der Waals surface area contributed by atoms with E-state index in [0.717, 1.165) is 24.4 Å². The zero-order valence-corrected chi connectivity index (χ0v) is 13.1. The molecule has 110 valence electrons. The predicted octanol–water partition coefficient (Wildman–Crippen LogP) is 3.16. The Morgan fingerprint density at radius 1 is 1.48 bits per heavy atom. The van der Waals surface area contributed by atoms with Crippen molar-refractivity contribution in [2.75, 3.05) is 6.54 Å². The minimum absolute atomic E-state index is 0.122. The molecule has 0 amide bonds. The minimum atomic E-state index is 0.122. The smallest absolute Gasteiger partial charge is 0.103 e. The Morgan fingerprint density at radius 3 is 2.90 bits per heavy atom. The van der Waals surface area contributed by atoms with Gasteiger partial charge in [0.15, 0.2) is 0 Å². The SMILES string of the molecule is CCCNC(C)c1nnn(-c2cc(C#N)ccc2Cl)c1C. The third-order valence-electron chi connectivity index (χ3n) is 3.34. The van der Waals surface area contributed by atoms with Crippen molar-refractivity contribution in [3.63, 3.8) is 0 Å². The fraction of sp³-hybridized carbons (Fsp3) is 0.400. The highest BCUT2D eigenvalue weighted by atomic mass is 35.5. The standard InChI is InChI=1S/C15H18ClN5/c1-4-7-18-10(2)15-11(3)21(20-19-15)14-8-12(9-17)5-6-13(14)16/h5-6,8,10,18H,4,7H2,1-3H3. The van der Waals surface area contributed by atoms with Crippen LogP contribution in [-0.2, 0) is 0 Å². The van der Waals surface area contributed by atoms with Crippen molar-refractivity contribution >= 4 is 11.6 Å². The molecule has 5 nitrogen and oxygen atoms in total. The number of aromatic nitrogens is 3. The molecule has 2 rings (SSSR count). The lowest BCUT2D eigenvalue weighted by Crippen LogP contribution is -2.20. The molecule has 0 aliphatic heterocycles. The zero-order valence-electron chi connectivity index (χ0n) is 12.4. The summed E-state index contributed by atoms with van der Waals surface area (Å²) in [5, 5.41) is 21.4. The molecule has 2 aromatic rings. The Hall–Kier alpha value is -1.90. The number of benzene rings is 1. The minimum Gasteiger partial charge on any atom is -0.309 e. The van der Waals surface area contributed by atoms with E-state index in [1.807, 2.05) is 6.92 Å². The van der Waals surface area contributed by atoms with E-state index in [1.54, 1.807) is 22.9 Å². The normalized spacial score (nSPS) is 12.1. The maximum absolute atomic E-state index is 9.01. The van der Waals surface area contributed by atoms with Gasteiger partial charge in [-0.05, 0) is 45.0 Å². The first-order valence-corrected chi connectivity index (χ1v) is 7.31. The first kappa shape index (κ1) is 15.5. The molecule has 0 spiro atoms. The van der Waals surface area contributed by atoms with Crippen LogP contribution in [0.4, 0.5) is 0 Å². The number of rotatable bonds is 5. The second-order valence-corrected chi connectivity index (χ2v) is 5.33. The number of nitrogens with zero attached hydrogens (tertiary/aromatic N) is 4. The number of nitrogens with one attached hydrogen (secondary N) is 1. The van der Waals surface area contributed by atoms with E-state index in [2.05, 4.69) is 35.5 Å². The van der Waals surface area contributed by atoms with Gasteiger partial charge in [0.2, 0.25) is 0 Å². The molecule has 21 heavy (non-hydrogen) atoms. The number of hydrogen-bond acceptors (Lipinski definition) is 4. The second-order valence-electron chi connectivity index (χ2n) is 4.93. The Balaban J connectivity index is 2.39. The third-order valence-corrected chi connectivity index (χ3v) is 3.66. The van der Waals surface area contributed by atoms with Crippen LogP contribution in [0.5, 0.6) is 0 Å². The summed E-state index contributed by atoms with van der Waals surface area (Å²) < 4.78 is 1.68. The molecule has 0 fully saturated rings. The summed E-state index contributed by atoms with van der Waals surface area (Å²) in [6.07, 6.45) is 1.06. The summed E-state index contributed by atoms with van der Waals surface area (Å²) in [4.78, 5) is 0. The largest absolute Gasteiger partial charge is 0.309 e. The summed E-state index contributed by atoms with van der Waals surface area (Å²) >= 11 is 6.22. The van der Waals surface area contributed by atoms with E-state index in [1.165, 1.54) is 0 Å². The van der Waals surface area contributed by atoms with Gasteiger partial charge in [0.05, 0.1) is 34.1 Å². The van der Waals surface area contributed by atoms with Gasteiger partial charge in [-0.1, -0.05) is 23.7 Å². The van der Waals surface area contributed by atoms with E-state index < -0.39 is 0 Å². The van der Waals surface area contributed by atoms with Crippen molar-refractivity contribution in [3.8, 4) is 11.8 Å². The molecular weight excluding hydrogens is 286 g/mol. The molecule has 1 aromatic heterocycles. The first-order chi connectivity index (χ1) is 10.1. The lowest BCUT2D eigenvalue weighted by atomic mass is 10.2. The molecule has 1 aromatic carbocycles. The summed E-state index contributed by atoms with van der Waals surface area (Å²) in [5.74, 6) is 0. The van der Waals surface area contributed by atoms with E-state index in [9.17, 15) is 0 Å². The van der Waals surface area contributed by atoms with Crippen molar-refractivity contribution in [1.29, 1.82) is 5.26 Å². The zero-order chi connectivity index (χ0) is 15.4. The highest BCUT2D eigenvalue weighted by molar-refractivity contribution is 6.32. The van der Waals surface area contributed by atoms with Gasteiger partial charge in [0, 0.05) is 0 Å². The highest BCUT2D eigenvalue weighted by Gasteiger charge is 2.17. The van der Waals surface area contributed by atoms with Crippen LogP contribution in [-0.4, -0.2) is 21.5 Å². The summed E-state index contributed by atoms with van der Waals surface area (Å²) in [5.41, 5.74) is 3.03. The Kier molecular flexibility index (Phi) is 4.94. The first-order valence-electron chi connectivity index (χ1n) is 6.94. The lowest BCUT2D eigenvalue weighted by Gasteiger charge is -2.12. The Bertz CT molecular complexity index is 671. The van der Waals surface area contributed by atoms with E-state index in [0.29, 0.717) is 16.3 Å². The van der Waals surface area contributed by atoms with Crippen LogP contribution in [0.1, 0.15) is 43.3 Å². The van der Waals surface area contributed by atoms with Gasteiger partial charge < -0.3 is 5.32 Å². The van der Waals surface area contributed by atoms with Crippen LogP contribution < -0.4 is 5.32 Å². The van der Waals surface area contributed by atoms with Gasteiger partial charge in [-0.15, -0.1) is 5.10 Å². The monoisotopic (exact) mass is 303 g/mol. The van der Waals surface area contributed by atoms with E-state index >= 15 is 0 Å². The van der Waals surface area contributed by atoms with Crippen LogP contribution in [0.15, 0.2) is 18.2 Å². The fourth-order valence-corrected chi connectivity index (χ4v) is 2.37. The van der Waals surface area contributed by atoms with Crippen molar-refractivity contribution < 1.29 is 0 Å². The lowest BCUT2D eigenvalue weighted by molar-refractivity contribution is 0.555. The molecule has 0 saturated carbocycles. The van der Waals surface area contributed by atoms with Crippen LogP contribution in [0.3, 0.4) is 0 Å². The molecule has 1 heterocycles. The molecule has 1 N–H and O–H groups in total. The Labute approximate surface area is 129 Å². The second kappa shape index (κ2) is 6.70. The predicted molar refractivity (Wildman–Crippen MR) is 82.5 cm³/mol. The number of nitriles is 1. The molecule has 0 saturated heterocycles. The van der Waals surface area contributed by atoms with Crippen molar-refractivity contribution in [1.82, 2.24) is 20.3 Å². The van der Waals surface area contributed by atoms with Gasteiger partial charge >= 0.3 is 0 Å². The third kappa shape index (κ3) is 3.23. The number of hydrogen-bond donors (Lipinski definition) is 1. The molecule has 1 unspecified atom stereocenters. The van der Waals surface area contributed by atoms with Gasteiger partial charge in [0.1, 0.15) is 5.69 Å². The molecule has 0 radical (unpaired) electrons.